The Morgan fingerprint density at radius 1 is 1.27 bits per heavy atom. The summed E-state index contributed by atoms with van der Waals surface area (Å²) in [4.78, 5) is 6.87. The fourth-order valence-corrected chi connectivity index (χ4v) is 2.29. The molecule has 0 radical (unpaired) electrons. The summed E-state index contributed by atoms with van der Waals surface area (Å²) >= 11 is 0. The van der Waals surface area contributed by atoms with Gasteiger partial charge in [0.1, 0.15) is 0 Å². The van der Waals surface area contributed by atoms with Crippen LogP contribution in [0.1, 0.15) is 25.5 Å². The maximum absolute atomic E-state index is 5.89. The van der Waals surface area contributed by atoms with Crippen LogP contribution in [0.3, 0.4) is 0 Å². The second-order valence-electron chi connectivity index (χ2n) is 4.79. The molecule has 0 aliphatic carbocycles. The molecule has 6 heteroatoms. The molecule has 0 aliphatic rings. The molecule has 0 saturated heterocycles. The van der Waals surface area contributed by atoms with E-state index in [4.69, 9.17) is 10.5 Å². The number of hydrogen-bond acceptors (Lipinski definition) is 3. The smallest absolute Gasteiger partial charge is 0.188 e. The van der Waals surface area contributed by atoms with Crippen LogP contribution >= 0.6 is 24.0 Å². The van der Waals surface area contributed by atoms with Crippen LogP contribution < -0.4 is 11.1 Å². The number of aliphatic imine (C=N–C) groups is 1. The van der Waals surface area contributed by atoms with Crippen LogP contribution in [0.15, 0.2) is 35.3 Å². The van der Waals surface area contributed by atoms with Gasteiger partial charge in [-0.1, -0.05) is 44.2 Å². The summed E-state index contributed by atoms with van der Waals surface area (Å²) in [5.41, 5.74) is 7.16. The Kier molecular flexibility index (Phi) is 12.2. The molecule has 126 valence electrons. The van der Waals surface area contributed by atoms with E-state index >= 15 is 0 Å². The number of rotatable bonds is 9. The maximum atomic E-state index is 5.89. The Labute approximate surface area is 151 Å². The molecule has 0 bridgehead atoms. The average molecular weight is 420 g/mol. The zero-order valence-electron chi connectivity index (χ0n) is 13.8. The van der Waals surface area contributed by atoms with Crippen molar-refractivity contribution in [1.82, 2.24) is 10.2 Å². The van der Waals surface area contributed by atoms with Gasteiger partial charge >= 0.3 is 0 Å². The molecule has 0 aromatic heterocycles. The fourth-order valence-electron chi connectivity index (χ4n) is 2.29. The lowest BCUT2D eigenvalue weighted by molar-refractivity contribution is 0.203. The third-order valence-corrected chi connectivity index (χ3v) is 3.48. The van der Waals surface area contributed by atoms with Crippen molar-refractivity contribution in [2.45, 2.75) is 19.9 Å². The summed E-state index contributed by atoms with van der Waals surface area (Å²) in [5, 5.41) is 3.05. The molecule has 0 amide bonds. The molecule has 0 fully saturated rings. The second kappa shape index (κ2) is 12.7. The SMILES string of the molecule is CCN(CC)C(CN=C(N)NCCOC)c1ccccc1.I. The summed E-state index contributed by atoms with van der Waals surface area (Å²) in [6, 6.07) is 10.7. The molecule has 1 unspecified atom stereocenters. The molecule has 1 rings (SSSR count). The van der Waals surface area contributed by atoms with Gasteiger partial charge in [-0.05, 0) is 18.7 Å². The number of benzene rings is 1. The summed E-state index contributed by atoms with van der Waals surface area (Å²) in [7, 11) is 1.67. The van der Waals surface area contributed by atoms with Crippen molar-refractivity contribution in [3.8, 4) is 0 Å². The number of likely N-dealkylation sites (N-methyl/N-ethyl adjacent to an activating group) is 1. The van der Waals surface area contributed by atoms with Crippen molar-refractivity contribution in [1.29, 1.82) is 0 Å². The summed E-state index contributed by atoms with van der Waals surface area (Å²) in [6.45, 7) is 8.26. The molecule has 22 heavy (non-hydrogen) atoms. The van der Waals surface area contributed by atoms with E-state index in [1.807, 2.05) is 6.07 Å². The van der Waals surface area contributed by atoms with Gasteiger partial charge in [-0.15, -0.1) is 24.0 Å². The van der Waals surface area contributed by atoms with Gasteiger partial charge in [0, 0.05) is 13.7 Å². The van der Waals surface area contributed by atoms with Gasteiger partial charge in [-0.25, -0.2) is 0 Å². The molecule has 1 aromatic carbocycles. The zero-order valence-corrected chi connectivity index (χ0v) is 16.1. The van der Waals surface area contributed by atoms with E-state index in [0.29, 0.717) is 25.7 Å². The highest BCUT2D eigenvalue weighted by molar-refractivity contribution is 14.0. The van der Waals surface area contributed by atoms with Crippen molar-refractivity contribution >= 4 is 29.9 Å². The molecular weight excluding hydrogens is 391 g/mol. The zero-order chi connectivity index (χ0) is 15.5. The van der Waals surface area contributed by atoms with Gasteiger partial charge in [0.25, 0.3) is 0 Å². The van der Waals surface area contributed by atoms with Gasteiger partial charge in [-0.3, -0.25) is 9.89 Å². The molecule has 0 spiro atoms. The number of guanidine groups is 1. The lowest BCUT2D eigenvalue weighted by Gasteiger charge is -2.29. The lowest BCUT2D eigenvalue weighted by Crippen LogP contribution is -2.36. The van der Waals surface area contributed by atoms with E-state index < -0.39 is 0 Å². The van der Waals surface area contributed by atoms with E-state index in [0.717, 1.165) is 13.1 Å². The van der Waals surface area contributed by atoms with Crippen LogP contribution in [0.4, 0.5) is 0 Å². The number of nitrogens with two attached hydrogens (primary N) is 1. The van der Waals surface area contributed by atoms with E-state index in [1.54, 1.807) is 7.11 Å². The van der Waals surface area contributed by atoms with Crippen molar-refractivity contribution in [2.24, 2.45) is 10.7 Å². The van der Waals surface area contributed by atoms with Crippen LogP contribution in [0.2, 0.25) is 0 Å². The number of halogens is 1. The summed E-state index contributed by atoms with van der Waals surface area (Å²) in [6.07, 6.45) is 0. The van der Waals surface area contributed by atoms with Crippen LogP contribution in [-0.2, 0) is 4.74 Å². The molecule has 5 nitrogen and oxygen atoms in total. The normalized spacial score (nSPS) is 12.8. The van der Waals surface area contributed by atoms with Gasteiger partial charge in [0.05, 0.1) is 19.2 Å². The molecule has 1 aromatic rings. The number of hydrogen-bond donors (Lipinski definition) is 2. The van der Waals surface area contributed by atoms with E-state index in [9.17, 15) is 0 Å². The van der Waals surface area contributed by atoms with Crippen LogP contribution in [0.25, 0.3) is 0 Å². The Morgan fingerprint density at radius 3 is 2.45 bits per heavy atom. The molecule has 1 atom stereocenters. The summed E-state index contributed by atoms with van der Waals surface area (Å²) < 4.78 is 4.98. The topological polar surface area (TPSA) is 62.9 Å². The predicted molar refractivity (Wildman–Crippen MR) is 104 cm³/mol. The minimum absolute atomic E-state index is 0. The van der Waals surface area contributed by atoms with Crippen LogP contribution in [0, 0.1) is 0 Å². The largest absolute Gasteiger partial charge is 0.383 e. The number of nitrogens with zero attached hydrogens (tertiary/aromatic N) is 2. The van der Waals surface area contributed by atoms with Crippen LogP contribution in [-0.4, -0.2) is 50.8 Å². The Hall–Kier alpha value is -0.860. The molecule has 0 aliphatic heterocycles. The van der Waals surface area contributed by atoms with Crippen molar-refractivity contribution in [2.75, 3.05) is 39.9 Å². The standard InChI is InChI=1S/C16H28N4O.HI/c1-4-20(5-2)15(14-9-7-6-8-10-14)13-19-16(17)18-11-12-21-3;/h6-10,15H,4-5,11-13H2,1-3H3,(H3,17,18,19);1H. The lowest BCUT2D eigenvalue weighted by atomic mass is 10.1. The van der Waals surface area contributed by atoms with E-state index in [1.165, 1.54) is 5.56 Å². The molecule has 3 N–H and O–H groups in total. The van der Waals surface area contributed by atoms with Gasteiger partial charge < -0.3 is 15.8 Å². The minimum atomic E-state index is 0. The number of ether oxygens (including phenoxy) is 1. The number of methoxy groups -OCH3 is 1. The molecule has 0 heterocycles. The Bertz CT molecular complexity index is 410. The first-order valence-corrected chi connectivity index (χ1v) is 7.54. The van der Waals surface area contributed by atoms with Crippen molar-refractivity contribution in [3.63, 3.8) is 0 Å². The van der Waals surface area contributed by atoms with Gasteiger partial charge in [0.2, 0.25) is 0 Å². The Morgan fingerprint density at radius 2 is 1.91 bits per heavy atom. The third kappa shape index (κ3) is 7.42. The Balaban J connectivity index is 0.00000441. The fraction of sp³-hybridized carbons (Fsp3) is 0.562. The monoisotopic (exact) mass is 420 g/mol. The third-order valence-electron chi connectivity index (χ3n) is 3.48. The van der Waals surface area contributed by atoms with Gasteiger partial charge in [-0.2, -0.15) is 0 Å². The van der Waals surface area contributed by atoms with Crippen molar-refractivity contribution < 1.29 is 4.74 Å². The minimum Gasteiger partial charge on any atom is -0.383 e. The number of nitrogens with one attached hydrogen (secondary N) is 1. The quantitative estimate of drug-likeness (QED) is 0.279. The molecular formula is C16H29IN4O. The summed E-state index contributed by atoms with van der Waals surface area (Å²) in [5.74, 6) is 0.472. The first-order chi connectivity index (χ1) is 10.2. The molecule has 0 saturated carbocycles. The highest BCUT2D eigenvalue weighted by Gasteiger charge is 2.17. The predicted octanol–water partition coefficient (Wildman–Crippen LogP) is 2.24. The average Bonchev–Trinajstić information content (AvgIpc) is 2.52. The van der Waals surface area contributed by atoms with Crippen LogP contribution in [0.5, 0.6) is 0 Å². The van der Waals surface area contributed by atoms with Crippen molar-refractivity contribution in [3.05, 3.63) is 35.9 Å². The second-order valence-corrected chi connectivity index (χ2v) is 4.79. The maximum Gasteiger partial charge on any atom is 0.188 e. The van der Waals surface area contributed by atoms with E-state index in [2.05, 4.69) is 53.3 Å². The first kappa shape index (κ1) is 21.1. The van der Waals surface area contributed by atoms with Gasteiger partial charge in [0.15, 0.2) is 5.96 Å². The van der Waals surface area contributed by atoms with E-state index in [-0.39, 0.29) is 30.0 Å². The first-order valence-electron chi connectivity index (χ1n) is 7.54. The highest BCUT2D eigenvalue weighted by atomic mass is 127. The highest BCUT2D eigenvalue weighted by Crippen LogP contribution is 2.20.